The Kier molecular flexibility index (Phi) is 3.62. The van der Waals surface area contributed by atoms with Crippen LogP contribution < -0.4 is 0 Å². The minimum Gasteiger partial charge on any atom is -0.292 e. The van der Waals surface area contributed by atoms with Crippen LogP contribution in [0.1, 0.15) is 10.4 Å². The van der Waals surface area contributed by atoms with E-state index in [1.807, 2.05) is 0 Å². The molecule has 0 spiro atoms. The van der Waals surface area contributed by atoms with Crippen LogP contribution in [-0.2, 0) is 9.78 Å². The van der Waals surface area contributed by atoms with Gasteiger partial charge in [0.1, 0.15) is 0 Å². The van der Waals surface area contributed by atoms with Crippen LogP contribution in [0.4, 0.5) is 13.2 Å². The lowest BCUT2D eigenvalue weighted by Gasteiger charge is -2.05. The maximum atomic E-state index is 11.6. The van der Waals surface area contributed by atoms with E-state index in [1.54, 1.807) is 0 Å². The second-order valence-electron chi connectivity index (χ2n) is 2.49. The fourth-order valence-electron chi connectivity index (χ4n) is 0.681. The van der Waals surface area contributed by atoms with Gasteiger partial charge in [-0.05, 0) is 12.1 Å². The van der Waals surface area contributed by atoms with Gasteiger partial charge in [-0.3, -0.25) is 9.87 Å². The van der Waals surface area contributed by atoms with Crippen LogP contribution in [0.15, 0.2) is 24.5 Å². The summed E-state index contributed by atoms with van der Waals surface area (Å²) < 4.78 is 34.7. The summed E-state index contributed by atoms with van der Waals surface area (Å²) in [5, 5.41) is 0. The molecule has 0 amide bonds. The maximum absolute atomic E-state index is 11.6. The lowest BCUT2D eigenvalue weighted by atomic mass is 10.3. The molecule has 1 aromatic heterocycles. The number of aromatic nitrogens is 1. The molecule has 0 aromatic carbocycles. The summed E-state index contributed by atoms with van der Waals surface area (Å²) in [6, 6.07) is 2.78. The van der Waals surface area contributed by atoms with Crippen molar-refractivity contribution in [2.24, 2.45) is 0 Å². The van der Waals surface area contributed by atoms with Gasteiger partial charge in [0.15, 0.2) is 6.61 Å². The molecule has 82 valence electrons. The summed E-state index contributed by atoms with van der Waals surface area (Å²) in [5.41, 5.74) is 0.0136. The molecule has 4 nitrogen and oxygen atoms in total. The molecule has 0 aliphatic carbocycles. The molecule has 0 unspecified atom stereocenters. The van der Waals surface area contributed by atoms with E-state index in [1.165, 1.54) is 18.3 Å². The molecule has 0 saturated carbocycles. The van der Waals surface area contributed by atoms with Crippen LogP contribution in [0.3, 0.4) is 0 Å². The number of carbonyl (C=O) groups excluding carboxylic acids is 1. The molecule has 1 rings (SSSR count). The highest BCUT2D eigenvalue weighted by Gasteiger charge is 2.29. The zero-order valence-corrected chi connectivity index (χ0v) is 7.32. The normalized spacial score (nSPS) is 11.1. The highest BCUT2D eigenvalue weighted by atomic mass is 19.4. The summed E-state index contributed by atoms with van der Waals surface area (Å²) in [6.07, 6.45) is -1.97. The molecule has 0 N–H and O–H groups in total. The Morgan fingerprint density at radius 2 is 2.20 bits per heavy atom. The number of alkyl halides is 3. The number of nitrogens with zero attached hydrogens (tertiary/aromatic N) is 1. The third-order valence-corrected chi connectivity index (χ3v) is 1.25. The number of hydrogen-bond donors (Lipinski definition) is 0. The Bertz CT molecular complexity index is 326. The topological polar surface area (TPSA) is 48.4 Å². The van der Waals surface area contributed by atoms with E-state index in [-0.39, 0.29) is 5.56 Å². The summed E-state index contributed by atoms with van der Waals surface area (Å²) in [6.45, 7) is -1.64. The largest absolute Gasteiger partial charge is 0.415 e. The SMILES string of the molecule is O=C(OOCC(F)(F)F)c1cccnc1. The first kappa shape index (κ1) is 11.4. The van der Waals surface area contributed by atoms with Crippen molar-refractivity contribution >= 4 is 5.97 Å². The number of carbonyl (C=O) groups is 1. The summed E-state index contributed by atoms with van der Waals surface area (Å²) in [7, 11) is 0. The first-order valence-corrected chi connectivity index (χ1v) is 3.79. The van der Waals surface area contributed by atoms with Crippen LogP contribution >= 0.6 is 0 Å². The lowest BCUT2D eigenvalue weighted by molar-refractivity contribution is -0.302. The fourth-order valence-corrected chi connectivity index (χ4v) is 0.681. The van der Waals surface area contributed by atoms with Crippen molar-refractivity contribution in [2.45, 2.75) is 6.18 Å². The first-order valence-electron chi connectivity index (χ1n) is 3.79. The van der Waals surface area contributed by atoms with E-state index in [9.17, 15) is 18.0 Å². The number of pyridine rings is 1. The molecule has 0 bridgehead atoms. The molecule has 7 heteroatoms. The van der Waals surface area contributed by atoms with Gasteiger partial charge in [0, 0.05) is 12.4 Å². The lowest BCUT2D eigenvalue weighted by Crippen LogP contribution is -2.19. The molecule has 0 saturated heterocycles. The quantitative estimate of drug-likeness (QED) is 0.576. The highest BCUT2D eigenvalue weighted by Crippen LogP contribution is 2.14. The van der Waals surface area contributed by atoms with Crippen LogP contribution in [0.25, 0.3) is 0 Å². The smallest absolute Gasteiger partial charge is 0.292 e. The molecule has 0 fully saturated rings. The van der Waals surface area contributed by atoms with Crippen LogP contribution in [0.2, 0.25) is 0 Å². The third-order valence-electron chi connectivity index (χ3n) is 1.25. The Morgan fingerprint density at radius 3 is 2.73 bits per heavy atom. The van der Waals surface area contributed by atoms with Crippen molar-refractivity contribution in [3.63, 3.8) is 0 Å². The molecule has 0 aliphatic heterocycles. The van der Waals surface area contributed by atoms with Crippen molar-refractivity contribution in [1.82, 2.24) is 4.98 Å². The van der Waals surface area contributed by atoms with Gasteiger partial charge in [0.2, 0.25) is 0 Å². The predicted molar refractivity (Wildman–Crippen MR) is 41.7 cm³/mol. The Hall–Kier alpha value is -1.63. The average Bonchev–Trinajstić information content (AvgIpc) is 2.17. The van der Waals surface area contributed by atoms with Crippen molar-refractivity contribution in [2.75, 3.05) is 6.61 Å². The van der Waals surface area contributed by atoms with Gasteiger partial charge >= 0.3 is 12.1 Å². The first-order chi connectivity index (χ1) is 6.99. The van der Waals surface area contributed by atoms with Crippen molar-refractivity contribution in [1.29, 1.82) is 0 Å². The summed E-state index contributed by atoms with van der Waals surface area (Å²) in [5.74, 6) is -1.02. The van der Waals surface area contributed by atoms with E-state index in [2.05, 4.69) is 14.8 Å². The molecule has 1 aromatic rings. The monoisotopic (exact) mass is 221 g/mol. The summed E-state index contributed by atoms with van der Waals surface area (Å²) >= 11 is 0. The van der Waals surface area contributed by atoms with E-state index < -0.39 is 18.8 Å². The van der Waals surface area contributed by atoms with Crippen LogP contribution in [0, 0.1) is 0 Å². The Balaban J connectivity index is 2.38. The summed E-state index contributed by atoms with van der Waals surface area (Å²) in [4.78, 5) is 22.2. The maximum Gasteiger partial charge on any atom is 0.415 e. The second kappa shape index (κ2) is 4.74. The van der Waals surface area contributed by atoms with Gasteiger partial charge in [-0.15, -0.1) is 0 Å². The molecule has 1 heterocycles. The van der Waals surface area contributed by atoms with E-state index in [0.717, 1.165) is 6.20 Å². The van der Waals surface area contributed by atoms with Gasteiger partial charge in [-0.2, -0.15) is 18.1 Å². The molecular formula is C8H6F3NO3. The van der Waals surface area contributed by atoms with Gasteiger partial charge in [0.05, 0.1) is 5.56 Å². The zero-order valence-electron chi connectivity index (χ0n) is 7.32. The highest BCUT2D eigenvalue weighted by molar-refractivity contribution is 5.88. The van der Waals surface area contributed by atoms with Crippen LogP contribution in [0.5, 0.6) is 0 Å². The van der Waals surface area contributed by atoms with E-state index in [4.69, 9.17) is 0 Å². The van der Waals surface area contributed by atoms with Crippen molar-refractivity contribution in [3.05, 3.63) is 30.1 Å². The van der Waals surface area contributed by atoms with Crippen molar-refractivity contribution in [3.8, 4) is 0 Å². The standard InChI is InChI=1S/C8H6F3NO3/c9-8(10,11)5-14-15-7(13)6-2-1-3-12-4-6/h1-4H,5H2. The van der Waals surface area contributed by atoms with Crippen molar-refractivity contribution < 1.29 is 27.7 Å². The van der Waals surface area contributed by atoms with Gasteiger partial charge in [-0.1, -0.05) is 0 Å². The minimum absolute atomic E-state index is 0.0136. The third kappa shape index (κ3) is 4.41. The Labute approximate surface area is 82.6 Å². The van der Waals surface area contributed by atoms with E-state index >= 15 is 0 Å². The zero-order chi connectivity index (χ0) is 11.3. The number of hydrogen-bond acceptors (Lipinski definition) is 4. The van der Waals surface area contributed by atoms with Gasteiger partial charge < -0.3 is 0 Å². The Morgan fingerprint density at radius 1 is 1.47 bits per heavy atom. The molecular weight excluding hydrogens is 215 g/mol. The van der Waals surface area contributed by atoms with E-state index in [0.29, 0.717) is 0 Å². The fraction of sp³-hybridized carbons (Fsp3) is 0.250. The molecule has 0 atom stereocenters. The minimum atomic E-state index is -4.53. The van der Waals surface area contributed by atoms with Gasteiger partial charge in [0.25, 0.3) is 0 Å². The molecule has 0 radical (unpaired) electrons. The predicted octanol–water partition coefficient (Wildman–Crippen LogP) is 1.73. The van der Waals surface area contributed by atoms with Gasteiger partial charge in [-0.25, -0.2) is 4.79 Å². The number of halogens is 3. The number of rotatable bonds is 3. The second-order valence-corrected chi connectivity index (χ2v) is 2.49. The van der Waals surface area contributed by atoms with Crippen LogP contribution in [-0.4, -0.2) is 23.7 Å². The average molecular weight is 221 g/mol. The molecule has 0 aliphatic rings. The molecule has 15 heavy (non-hydrogen) atoms.